The van der Waals surface area contributed by atoms with E-state index in [-0.39, 0.29) is 12.2 Å². The topological polar surface area (TPSA) is 75.7 Å². The summed E-state index contributed by atoms with van der Waals surface area (Å²) in [5.74, 6) is -0.855. The first-order valence-corrected chi connectivity index (χ1v) is 10.3. The van der Waals surface area contributed by atoms with E-state index >= 15 is 0 Å². The molecule has 1 N–H and O–H groups in total. The highest BCUT2D eigenvalue weighted by atomic mass is 35.5. The van der Waals surface area contributed by atoms with E-state index in [0.717, 1.165) is 10.5 Å². The van der Waals surface area contributed by atoms with Gasteiger partial charge in [-0.05, 0) is 48.0 Å². The quantitative estimate of drug-likeness (QED) is 0.412. The number of amides is 4. The van der Waals surface area contributed by atoms with Crippen molar-refractivity contribution >= 4 is 52.8 Å². The van der Waals surface area contributed by atoms with Crippen LogP contribution in [0.1, 0.15) is 11.1 Å². The van der Waals surface area contributed by atoms with E-state index in [2.05, 4.69) is 5.32 Å². The van der Waals surface area contributed by atoms with Gasteiger partial charge in [0.2, 0.25) is 0 Å². The van der Waals surface area contributed by atoms with Crippen molar-refractivity contribution in [1.82, 2.24) is 5.32 Å². The minimum absolute atomic E-state index is 0.143. The van der Waals surface area contributed by atoms with Crippen molar-refractivity contribution in [2.45, 2.75) is 6.61 Å². The van der Waals surface area contributed by atoms with Crippen molar-refractivity contribution in [3.05, 3.63) is 99.5 Å². The van der Waals surface area contributed by atoms with E-state index < -0.39 is 17.8 Å². The highest BCUT2D eigenvalue weighted by molar-refractivity contribution is 6.39. The Morgan fingerprint density at radius 1 is 0.906 bits per heavy atom. The van der Waals surface area contributed by atoms with Gasteiger partial charge in [-0.1, -0.05) is 59.6 Å². The van der Waals surface area contributed by atoms with E-state index in [1.807, 2.05) is 0 Å². The molecule has 6 nitrogen and oxygen atoms in total. The number of hydrogen-bond acceptors (Lipinski definition) is 4. The Morgan fingerprint density at radius 3 is 2.31 bits per heavy atom. The van der Waals surface area contributed by atoms with Crippen LogP contribution in [-0.2, 0) is 16.2 Å². The minimum atomic E-state index is -0.784. The van der Waals surface area contributed by atoms with Crippen LogP contribution in [0.4, 0.5) is 10.5 Å². The lowest BCUT2D eigenvalue weighted by molar-refractivity contribution is -0.122. The second kappa shape index (κ2) is 9.26. The van der Waals surface area contributed by atoms with Gasteiger partial charge in [-0.3, -0.25) is 14.9 Å². The summed E-state index contributed by atoms with van der Waals surface area (Å²) in [6.45, 7) is 0.255. The molecule has 1 fully saturated rings. The molecule has 0 radical (unpaired) electrons. The number of halogens is 2. The average molecular weight is 467 g/mol. The fraction of sp³-hybridized carbons (Fsp3) is 0.0417. The third kappa shape index (κ3) is 4.66. The molecule has 160 valence electrons. The van der Waals surface area contributed by atoms with Crippen LogP contribution in [0.5, 0.6) is 5.75 Å². The van der Waals surface area contributed by atoms with Crippen LogP contribution in [0, 0.1) is 0 Å². The third-order valence-corrected chi connectivity index (χ3v) is 5.30. The lowest BCUT2D eigenvalue weighted by Gasteiger charge is -2.26. The molecule has 0 spiro atoms. The van der Waals surface area contributed by atoms with Crippen LogP contribution in [-0.4, -0.2) is 17.8 Å². The molecule has 1 heterocycles. The smallest absolute Gasteiger partial charge is 0.335 e. The fourth-order valence-electron chi connectivity index (χ4n) is 3.10. The van der Waals surface area contributed by atoms with Crippen molar-refractivity contribution in [1.29, 1.82) is 0 Å². The molecule has 32 heavy (non-hydrogen) atoms. The lowest BCUT2D eigenvalue weighted by atomic mass is 10.1. The van der Waals surface area contributed by atoms with Gasteiger partial charge in [0.15, 0.2) is 0 Å². The number of benzene rings is 3. The van der Waals surface area contributed by atoms with Gasteiger partial charge in [0, 0.05) is 15.6 Å². The maximum absolute atomic E-state index is 12.9. The first-order valence-electron chi connectivity index (χ1n) is 9.55. The van der Waals surface area contributed by atoms with Crippen molar-refractivity contribution < 1.29 is 19.1 Å². The SMILES string of the molecule is O=C1NC(=O)N(c2ccccc2)C(=O)/C1=C/c1ccc(OCc2ccc(Cl)cc2Cl)cc1. The predicted molar refractivity (Wildman–Crippen MR) is 123 cm³/mol. The summed E-state index contributed by atoms with van der Waals surface area (Å²) < 4.78 is 5.74. The molecule has 0 bridgehead atoms. The molecule has 1 saturated heterocycles. The molecule has 0 aromatic heterocycles. The van der Waals surface area contributed by atoms with Gasteiger partial charge in [-0.15, -0.1) is 0 Å². The molecule has 4 amide bonds. The Morgan fingerprint density at radius 2 is 1.62 bits per heavy atom. The fourth-order valence-corrected chi connectivity index (χ4v) is 3.56. The summed E-state index contributed by atoms with van der Waals surface area (Å²) in [5.41, 5.74) is 1.62. The second-order valence-electron chi connectivity index (χ2n) is 6.89. The van der Waals surface area contributed by atoms with Gasteiger partial charge in [0.25, 0.3) is 11.8 Å². The van der Waals surface area contributed by atoms with Crippen LogP contribution in [0.15, 0.2) is 78.4 Å². The molecule has 1 aliphatic heterocycles. The van der Waals surface area contributed by atoms with Crippen LogP contribution < -0.4 is 15.0 Å². The molecule has 0 saturated carbocycles. The highest BCUT2D eigenvalue weighted by Gasteiger charge is 2.36. The molecular weight excluding hydrogens is 451 g/mol. The molecule has 8 heteroatoms. The first kappa shape index (κ1) is 21.6. The zero-order chi connectivity index (χ0) is 22.7. The number of nitrogens with one attached hydrogen (secondary N) is 1. The van der Waals surface area contributed by atoms with Crippen LogP contribution in [0.2, 0.25) is 10.0 Å². The molecule has 1 aliphatic rings. The van der Waals surface area contributed by atoms with Crippen molar-refractivity contribution in [2.24, 2.45) is 0 Å². The molecular formula is C24H16Cl2N2O4. The van der Waals surface area contributed by atoms with Crippen molar-refractivity contribution in [3.8, 4) is 5.75 Å². The number of nitrogens with zero attached hydrogens (tertiary/aromatic N) is 1. The Labute approximate surface area is 194 Å². The van der Waals surface area contributed by atoms with Gasteiger partial charge in [-0.2, -0.15) is 0 Å². The van der Waals surface area contributed by atoms with Gasteiger partial charge < -0.3 is 4.74 Å². The number of ether oxygens (including phenoxy) is 1. The minimum Gasteiger partial charge on any atom is -0.489 e. The largest absolute Gasteiger partial charge is 0.489 e. The summed E-state index contributed by atoms with van der Waals surface area (Å²) in [6, 6.07) is 19.6. The lowest BCUT2D eigenvalue weighted by Crippen LogP contribution is -2.54. The summed E-state index contributed by atoms with van der Waals surface area (Å²) >= 11 is 12.1. The van der Waals surface area contributed by atoms with Crippen molar-refractivity contribution in [3.63, 3.8) is 0 Å². The number of para-hydroxylation sites is 1. The van der Waals surface area contributed by atoms with E-state index in [0.29, 0.717) is 27.0 Å². The summed E-state index contributed by atoms with van der Waals surface area (Å²) in [5, 5.41) is 3.26. The zero-order valence-electron chi connectivity index (χ0n) is 16.5. The van der Waals surface area contributed by atoms with Gasteiger partial charge in [-0.25, -0.2) is 9.69 Å². The number of carbonyl (C=O) groups is 3. The number of anilines is 1. The Kier molecular flexibility index (Phi) is 6.25. The zero-order valence-corrected chi connectivity index (χ0v) is 18.1. The molecule has 3 aromatic carbocycles. The number of carbonyl (C=O) groups excluding carboxylic acids is 3. The maximum Gasteiger partial charge on any atom is 0.335 e. The van der Waals surface area contributed by atoms with E-state index in [1.54, 1.807) is 72.8 Å². The summed E-state index contributed by atoms with van der Waals surface area (Å²) in [6.07, 6.45) is 1.43. The average Bonchev–Trinajstić information content (AvgIpc) is 2.77. The van der Waals surface area contributed by atoms with Crippen LogP contribution in [0.25, 0.3) is 6.08 Å². The molecule has 3 aromatic rings. The van der Waals surface area contributed by atoms with Gasteiger partial charge >= 0.3 is 6.03 Å². The summed E-state index contributed by atoms with van der Waals surface area (Å²) in [4.78, 5) is 38.3. The Hall–Kier alpha value is -3.61. The first-order chi connectivity index (χ1) is 15.4. The number of barbiturate groups is 1. The van der Waals surface area contributed by atoms with Gasteiger partial charge in [0.1, 0.15) is 17.9 Å². The third-order valence-electron chi connectivity index (χ3n) is 4.72. The maximum atomic E-state index is 12.9. The second-order valence-corrected chi connectivity index (χ2v) is 7.73. The Balaban J connectivity index is 1.50. The molecule has 0 unspecified atom stereocenters. The number of rotatable bonds is 5. The Bertz CT molecular complexity index is 1220. The molecule has 4 rings (SSSR count). The van der Waals surface area contributed by atoms with E-state index in [9.17, 15) is 14.4 Å². The summed E-state index contributed by atoms with van der Waals surface area (Å²) in [7, 11) is 0. The number of imide groups is 2. The van der Waals surface area contributed by atoms with E-state index in [4.69, 9.17) is 27.9 Å². The van der Waals surface area contributed by atoms with Crippen LogP contribution in [0.3, 0.4) is 0 Å². The highest BCUT2D eigenvalue weighted by Crippen LogP contribution is 2.24. The number of urea groups is 1. The molecule has 0 aliphatic carbocycles. The van der Waals surface area contributed by atoms with Crippen LogP contribution >= 0.6 is 23.2 Å². The number of hydrogen-bond donors (Lipinski definition) is 1. The normalized spacial score (nSPS) is 15.1. The molecule has 0 atom stereocenters. The standard InChI is InChI=1S/C24H16Cl2N2O4/c25-17-9-8-16(21(26)13-17)14-32-19-10-6-15(7-11-19)12-20-22(29)27-24(31)28(23(20)30)18-4-2-1-3-5-18/h1-13H,14H2,(H,27,29,31)/b20-12+. The predicted octanol–water partition coefficient (Wildman–Crippen LogP) is 5.24. The monoisotopic (exact) mass is 466 g/mol. The van der Waals surface area contributed by atoms with Crippen molar-refractivity contribution in [2.75, 3.05) is 4.90 Å². The van der Waals surface area contributed by atoms with E-state index in [1.165, 1.54) is 6.08 Å². The van der Waals surface area contributed by atoms with Gasteiger partial charge in [0.05, 0.1) is 5.69 Å².